The predicted molar refractivity (Wildman–Crippen MR) is 80.3 cm³/mol. The molecule has 0 spiro atoms. The van der Waals surface area contributed by atoms with Crippen molar-refractivity contribution in [3.05, 3.63) is 28.8 Å². The number of ether oxygens (including phenoxy) is 2. The second kappa shape index (κ2) is 7.47. The van der Waals surface area contributed by atoms with Gasteiger partial charge in [-0.2, -0.15) is 0 Å². The van der Waals surface area contributed by atoms with Crippen molar-refractivity contribution in [3.63, 3.8) is 0 Å². The Morgan fingerprint density at radius 2 is 2.27 bits per heavy atom. The van der Waals surface area contributed by atoms with Gasteiger partial charge >= 0.3 is 5.97 Å². The van der Waals surface area contributed by atoms with Crippen molar-refractivity contribution in [1.82, 2.24) is 4.90 Å². The van der Waals surface area contributed by atoms with E-state index in [4.69, 9.17) is 26.2 Å². The van der Waals surface area contributed by atoms with Gasteiger partial charge in [0, 0.05) is 11.6 Å². The smallest absolute Gasteiger partial charge is 0.305 e. The molecule has 1 amide bonds. The summed E-state index contributed by atoms with van der Waals surface area (Å²) in [4.78, 5) is 24.6. The number of hydrogen-bond donors (Lipinski definition) is 1. The maximum Gasteiger partial charge on any atom is 0.305 e. The van der Waals surface area contributed by atoms with Gasteiger partial charge in [-0.3, -0.25) is 9.59 Å². The van der Waals surface area contributed by atoms with Crippen LogP contribution in [0.4, 0.5) is 0 Å². The molecule has 0 saturated carbocycles. The molecule has 6 nitrogen and oxygen atoms in total. The van der Waals surface area contributed by atoms with Crippen LogP contribution in [-0.2, 0) is 14.3 Å². The van der Waals surface area contributed by atoms with E-state index in [-0.39, 0.29) is 25.5 Å². The number of nitrogens with zero attached hydrogens (tertiary/aromatic N) is 1. The molecule has 0 aliphatic carbocycles. The van der Waals surface area contributed by atoms with Gasteiger partial charge in [0.2, 0.25) is 0 Å². The summed E-state index contributed by atoms with van der Waals surface area (Å²) >= 11 is 5.87. The van der Waals surface area contributed by atoms with Gasteiger partial charge < -0.3 is 19.5 Å². The minimum absolute atomic E-state index is 0.133. The highest BCUT2D eigenvalue weighted by Crippen LogP contribution is 2.22. The molecule has 1 aromatic carbocycles. The first kappa shape index (κ1) is 16.6. The van der Waals surface area contributed by atoms with E-state index in [1.54, 1.807) is 18.2 Å². The number of aliphatic carboxylic acids is 1. The largest absolute Gasteiger partial charge is 0.483 e. The molecule has 1 aromatic rings. The van der Waals surface area contributed by atoms with Crippen molar-refractivity contribution in [1.29, 1.82) is 0 Å². The van der Waals surface area contributed by atoms with Crippen molar-refractivity contribution in [2.24, 2.45) is 0 Å². The number of amides is 1. The fourth-order valence-corrected chi connectivity index (χ4v) is 2.58. The lowest BCUT2D eigenvalue weighted by atomic mass is 10.1. The Morgan fingerprint density at radius 3 is 2.95 bits per heavy atom. The van der Waals surface area contributed by atoms with E-state index in [9.17, 15) is 9.59 Å². The van der Waals surface area contributed by atoms with Gasteiger partial charge in [0.1, 0.15) is 5.75 Å². The van der Waals surface area contributed by atoms with E-state index in [0.29, 0.717) is 23.9 Å². The normalized spacial score (nSPS) is 18.1. The summed E-state index contributed by atoms with van der Waals surface area (Å²) in [5.74, 6) is -0.618. The topological polar surface area (TPSA) is 76.1 Å². The number of carboxylic acid groups (broad SMARTS) is 1. The van der Waals surface area contributed by atoms with E-state index in [1.807, 2.05) is 6.92 Å². The molecule has 1 atom stereocenters. The average molecular weight is 328 g/mol. The zero-order chi connectivity index (χ0) is 16.1. The van der Waals surface area contributed by atoms with Crippen molar-refractivity contribution in [2.75, 3.05) is 26.4 Å². The van der Waals surface area contributed by atoms with E-state index in [1.165, 1.54) is 4.90 Å². The van der Waals surface area contributed by atoms with Crippen LogP contribution in [0, 0.1) is 6.92 Å². The van der Waals surface area contributed by atoms with Crippen molar-refractivity contribution >= 4 is 23.5 Å². The van der Waals surface area contributed by atoms with Crippen LogP contribution in [0.15, 0.2) is 18.2 Å². The number of carbonyl (C=O) groups is 2. The summed E-state index contributed by atoms with van der Waals surface area (Å²) < 4.78 is 10.8. The highest BCUT2D eigenvalue weighted by molar-refractivity contribution is 6.30. The molecule has 1 aliphatic rings. The Balaban J connectivity index is 1.96. The quantitative estimate of drug-likeness (QED) is 0.891. The predicted octanol–water partition coefficient (Wildman–Crippen LogP) is 1.73. The van der Waals surface area contributed by atoms with Crippen LogP contribution in [0.2, 0.25) is 5.02 Å². The molecule has 1 N–H and O–H groups in total. The summed E-state index contributed by atoms with van der Waals surface area (Å²) in [5, 5.41) is 9.50. The van der Waals surface area contributed by atoms with E-state index in [0.717, 1.165) is 5.56 Å². The third kappa shape index (κ3) is 4.35. The summed E-state index contributed by atoms with van der Waals surface area (Å²) in [7, 11) is 0. The maximum atomic E-state index is 12.3. The Bertz CT molecular complexity index is 563. The first-order valence-electron chi connectivity index (χ1n) is 6.95. The maximum absolute atomic E-state index is 12.3. The number of aryl methyl sites for hydroxylation is 1. The van der Waals surface area contributed by atoms with Gasteiger partial charge in [-0.25, -0.2) is 0 Å². The van der Waals surface area contributed by atoms with Gasteiger partial charge in [0.25, 0.3) is 5.91 Å². The van der Waals surface area contributed by atoms with E-state index >= 15 is 0 Å². The number of morpholine rings is 1. The summed E-state index contributed by atoms with van der Waals surface area (Å²) in [6, 6.07) is 4.70. The lowest BCUT2D eigenvalue weighted by molar-refractivity contribution is -0.147. The fraction of sp³-hybridized carbons (Fsp3) is 0.467. The van der Waals surface area contributed by atoms with Crippen LogP contribution in [0.3, 0.4) is 0 Å². The summed E-state index contributed by atoms with van der Waals surface area (Å²) in [6.07, 6.45) is -0.133. The molecule has 22 heavy (non-hydrogen) atoms. The molecular weight excluding hydrogens is 310 g/mol. The molecule has 1 heterocycles. The second-order valence-corrected chi connectivity index (χ2v) is 5.55. The molecule has 1 aliphatic heterocycles. The lowest BCUT2D eigenvalue weighted by Gasteiger charge is -2.34. The SMILES string of the molecule is Cc1cc(Cl)ccc1OCC(=O)N1CCOCC1CC(=O)O. The molecule has 7 heteroatoms. The summed E-state index contributed by atoms with van der Waals surface area (Å²) in [5.41, 5.74) is 0.837. The molecule has 0 aromatic heterocycles. The van der Waals surface area contributed by atoms with Crippen LogP contribution < -0.4 is 4.74 Å². The Kier molecular flexibility index (Phi) is 5.63. The van der Waals surface area contributed by atoms with Crippen LogP contribution in [0.25, 0.3) is 0 Å². The number of carboxylic acids is 1. The molecule has 2 rings (SSSR count). The van der Waals surface area contributed by atoms with Gasteiger partial charge in [0.05, 0.1) is 25.7 Å². The zero-order valence-corrected chi connectivity index (χ0v) is 13.0. The average Bonchev–Trinajstić information content (AvgIpc) is 2.46. The Morgan fingerprint density at radius 1 is 1.50 bits per heavy atom. The molecule has 120 valence electrons. The Labute approximate surface area is 133 Å². The molecular formula is C15H18ClNO5. The van der Waals surface area contributed by atoms with Gasteiger partial charge in [-0.05, 0) is 30.7 Å². The molecule has 1 unspecified atom stereocenters. The highest BCUT2D eigenvalue weighted by Gasteiger charge is 2.29. The number of benzene rings is 1. The van der Waals surface area contributed by atoms with Gasteiger partial charge in [0.15, 0.2) is 6.61 Å². The van der Waals surface area contributed by atoms with Crippen molar-refractivity contribution in [2.45, 2.75) is 19.4 Å². The van der Waals surface area contributed by atoms with E-state index < -0.39 is 12.0 Å². The number of halogens is 1. The third-order valence-electron chi connectivity index (χ3n) is 3.45. The number of carbonyl (C=O) groups excluding carboxylic acids is 1. The molecule has 0 radical (unpaired) electrons. The minimum Gasteiger partial charge on any atom is -0.483 e. The number of rotatable bonds is 5. The van der Waals surface area contributed by atoms with Crippen LogP contribution in [-0.4, -0.2) is 54.3 Å². The second-order valence-electron chi connectivity index (χ2n) is 5.11. The first-order chi connectivity index (χ1) is 10.5. The van der Waals surface area contributed by atoms with Gasteiger partial charge in [-0.1, -0.05) is 11.6 Å². The molecule has 1 saturated heterocycles. The fourth-order valence-electron chi connectivity index (χ4n) is 2.35. The van der Waals surface area contributed by atoms with Crippen LogP contribution in [0.5, 0.6) is 5.75 Å². The van der Waals surface area contributed by atoms with Crippen molar-refractivity contribution < 1.29 is 24.2 Å². The standard InChI is InChI=1S/C15H18ClNO5/c1-10-6-11(16)2-3-13(10)22-9-14(18)17-4-5-21-8-12(17)7-15(19)20/h2-3,6,12H,4-5,7-9H2,1H3,(H,19,20). The highest BCUT2D eigenvalue weighted by atomic mass is 35.5. The zero-order valence-electron chi connectivity index (χ0n) is 12.3. The van der Waals surface area contributed by atoms with E-state index in [2.05, 4.69) is 0 Å². The lowest BCUT2D eigenvalue weighted by Crippen LogP contribution is -2.51. The number of hydrogen-bond acceptors (Lipinski definition) is 4. The van der Waals surface area contributed by atoms with Crippen LogP contribution in [0.1, 0.15) is 12.0 Å². The molecule has 1 fully saturated rings. The third-order valence-corrected chi connectivity index (χ3v) is 3.68. The van der Waals surface area contributed by atoms with Crippen LogP contribution >= 0.6 is 11.6 Å². The minimum atomic E-state index is -0.956. The first-order valence-corrected chi connectivity index (χ1v) is 7.33. The monoisotopic (exact) mass is 327 g/mol. The Hall–Kier alpha value is -1.79. The molecule has 0 bridgehead atoms. The van der Waals surface area contributed by atoms with Gasteiger partial charge in [-0.15, -0.1) is 0 Å². The van der Waals surface area contributed by atoms with Crippen molar-refractivity contribution in [3.8, 4) is 5.75 Å². The summed E-state index contributed by atoms with van der Waals surface area (Å²) in [6.45, 7) is 2.71.